The minimum absolute atomic E-state index is 0.00203. The van der Waals surface area contributed by atoms with Gasteiger partial charge in [0.15, 0.2) is 9.84 Å². The van der Waals surface area contributed by atoms with Crippen molar-refractivity contribution >= 4 is 27.4 Å². The van der Waals surface area contributed by atoms with Crippen LogP contribution >= 0.6 is 0 Å². The molecule has 1 amide bonds. The van der Waals surface area contributed by atoms with Gasteiger partial charge in [-0.25, -0.2) is 13.4 Å². The minimum Gasteiger partial charge on any atom is -0.477 e. The van der Waals surface area contributed by atoms with Crippen molar-refractivity contribution in [2.75, 3.05) is 47.5 Å². The number of hydrogen-bond donors (Lipinski definition) is 0. The van der Waals surface area contributed by atoms with E-state index in [9.17, 15) is 39.6 Å². The van der Waals surface area contributed by atoms with E-state index in [0.29, 0.717) is 23.3 Å². The fourth-order valence-electron chi connectivity index (χ4n) is 4.78. The van der Waals surface area contributed by atoms with E-state index in [4.69, 9.17) is 4.74 Å². The molecule has 2 aliphatic rings. The standard InChI is InChI=1S/C27H24F6N4O4S/c1-16-5-2-3-6-20(16)22-21-23(35-25(34-22)36-8-11-42(39,40)12-9-36)41-10-4-7-37(24(21)38)19-14-17(26(28,29)30)13-18(15-19)27(31,32)33/h2-3,5-6,13-15H,4,7-12H2,1H3. The number of ether oxygens (including phenoxy) is 1. The molecule has 0 saturated carbocycles. The molecule has 5 rings (SSSR count). The number of hydrogen-bond acceptors (Lipinski definition) is 7. The summed E-state index contributed by atoms with van der Waals surface area (Å²) in [5.41, 5.74) is -2.74. The Balaban J connectivity index is 1.69. The Bertz CT molecular complexity index is 1600. The van der Waals surface area contributed by atoms with Gasteiger partial charge < -0.3 is 14.5 Å². The van der Waals surface area contributed by atoms with Crippen LogP contribution in [0.25, 0.3) is 11.3 Å². The highest BCUT2D eigenvalue weighted by Crippen LogP contribution is 2.40. The van der Waals surface area contributed by atoms with Crippen LogP contribution in [0.2, 0.25) is 0 Å². The molecule has 2 aromatic carbocycles. The van der Waals surface area contributed by atoms with Crippen molar-refractivity contribution in [3.8, 4) is 17.1 Å². The molecular formula is C27H24F6N4O4S. The maximum atomic E-state index is 14.1. The van der Waals surface area contributed by atoms with Crippen LogP contribution in [-0.2, 0) is 22.2 Å². The van der Waals surface area contributed by atoms with E-state index < -0.39 is 44.9 Å². The van der Waals surface area contributed by atoms with E-state index in [0.717, 1.165) is 4.90 Å². The van der Waals surface area contributed by atoms with Gasteiger partial charge in [-0.05, 0) is 37.1 Å². The number of carbonyl (C=O) groups excluding carboxylic acids is 1. The predicted molar refractivity (Wildman–Crippen MR) is 141 cm³/mol. The van der Waals surface area contributed by atoms with Gasteiger partial charge in [-0.3, -0.25) is 4.79 Å². The van der Waals surface area contributed by atoms with Crippen molar-refractivity contribution in [1.29, 1.82) is 0 Å². The molecule has 2 aliphatic heterocycles. The fraction of sp³-hybridized carbons (Fsp3) is 0.370. The van der Waals surface area contributed by atoms with Crippen LogP contribution in [0.1, 0.15) is 33.5 Å². The number of carbonyl (C=O) groups is 1. The van der Waals surface area contributed by atoms with Gasteiger partial charge in [0.1, 0.15) is 5.56 Å². The van der Waals surface area contributed by atoms with E-state index in [1.807, 2.05) is 0 Å². The molecule has 1 saturated heterocycles. The number of amides is 1. The second-order valence-electron chi connectivity index (χ2n) is 9.93. The molecule has 1 fully saturated rings. The first-order valence-electron chi connectivity index (χ1n) is 12.8. The number of halogens is 6. The Morgan fingerprint density at radius 3 is 2.10 bits per heavy atom. The van der Waals surface area contributed by atoms with Crippen LogP contribution in [0.5, 0.6) is 5.88 Å². The summed E-state index contributed by atoms with van der Waals surface area (Å²) < 4.78 is 112. The first-order chi connectivity index (χ1) is 19.6. The van der Waals surface area contributed by atoms with Crippen molar-refractivity contribution < 1.29 is 44.3 Å². The summed E-state index contributed by atoms with van der Waals surface area (Å²) in [7, 11) is -3.24. The van der Waals surface area contributed by atoms with E-state index in [-0.39, 0.29) is 73.3 Å². The number of rotatable bonds is 3. The summed E-state index contributed by atoms with van der Waals surface area (Å²) in [5.74, 6) is -1.34. The van der Waals surface area contributed by atoms with E-state index in [1.165, 1.54) is 0 Å². The fourth-order valence-corrected chi connectivity index (χ4v) is 5.98. The molecule has 3 aromatic rings. The van der Waals surface area contributed by atoms with Crippen LogP contribution in [0.3, 0.4) is 0 Å². The first kappa shape index (κ1) is 29.6. The topological polar surface area (TPSA) is 92.7 Å². The van der Waals surface area contributed by atoms with Crippen LogP contribution in [0.15, 0.2) is 42.5 Å². The lowest BCUT2D eigenvalue weighted by Crippen LogP contribution is -2.41. The van der Waals surface area contributed by atoms with Gasteiger partial charge in [0.25, 0.3) is 5.91 Å². The van der Waals surface area contributed by atoms with Gasteiger partial charge in [0, 0.05) is 30.9 Å². The second-order valence-corrected chi connectivity index (χ2v) is 12.2. The molecule has 0 radical (unpaired) electrons. The summed E-state index contributed by atoms with van der Waals surface area (Å²) in [6, 6.07) is 7.83. The molecule has 42 heavy (non-hydrogen) atoms. The third-order valence-corrected chi connectivity index (χ3v) is 8.61. The Hall–Kier alpha value is -3.88. The van der Waals surface area contributed by atoms with Crippen molar-refractivity contribution in [2.45, 2.75) is 25.7 Å². The number of alkyl halides is 6. The van der Waals surface area contributed by atoms with Crippen LogP contribution in [0, 0.1) is 6.92 Å². The molecule has 0 aliphatic carbocycles. The average molecular weight is 615 g/mol. The average Bonchev–Trinajstić information content (AvgIpc) is 2.90. The quantitative estimate of drug-likeness (QED) is 0.377. The molecular weight excluding hydrogens is 590 g/mol. The Morgan fingerprint density at radius 2 is 1.50 bits per heavy atom. The highest BCUT2D eigenvalue weighted by atomic mass is 32.2. The zero-order chi connectivity index (χ0) is 30.4. The molecule has 0 spiro atoms. The van der Waals surface area contributed by atoms with Crippen LogP contribution < -0.4 is 14.5 Å². The molecule has 8 nitrogen and oxygen atoms in total. The number of sulfone groups is 1. The largest absolute Gasteiger partial charge is 0.477 e. The Labute approximate surface area is 236 Å². The van der Waals surface area contributed by atoms with Gasteiger partial charge >= 0.3 is 12.4 Å². The highest BCUT2D eigenvalue weighted by molar-refractivity contribution is 7.91. The first-order valence-corrected chi connectivity index (χ1v) is 14.6. The van der Waals surface area contributed by atoms with Crippen molar-refractivity contribution in [1.82, 2.24) is 9.97 Å². The van der Waals surface area contributed by atoms with Crippen LogP contribution in [0.4, 0.5) is 38.0 Å². The number of benzene rings is 2. The second kappa shape index (κ2) is 10.7. The number of nitrogens with zero attached hydrogens (tertiary/aromatic N) is 4. The van der Waals surface area contributed by atoms with Gasteiger partial charge in [0.05, 0.1) is 34.9 Å². The number of fused-ring (bicyclic) bond motifs is 1. The normalized spacial score (nSPS) is 17.7. The van der Waals surface area contributed by atoms with E-state index in [2.05, 4.69) is 9.97 Å². The Morgan fingerprint density at radius 1 is 0.881 bits per heavy atom. The smallest absolute Gasteiger partial charge is 0.416 e. The lowest BCUT2D eigenvalue weighted by Gasteiger charge is -2.31. The molecule has 0 N–H and O–H groups in total. The molecule has 1 aromatic heterocycles. The third kappa shape index (κ3) is 6.01. The number of anilines is 2. The van der Waals surface area contributed by atoms with E-state index in [1.54, 1.807) is 36.1 Å². The number of aryl methyl sites for hydroxylation is 1. The summed E-state index contributed by atoms with van der Waals surface area (Å²) in [5, 5.41) is 0. The highest BCUT2D eigenvalue weighted by Gasteiger charge is 2.39. The van der Waals surface area contributed by atoms with Gasteiger partial charge in [-0.2, -0.15) is 31.3 Å². The molecule has 0 atom stereocenters. The monoisotopic (exact) mass is 614 g/mol. The van der Waals surface area contributed by atoms with Crippen molar-refractivity contribution in [2.24, 2.45) is 0 Å². The third-order valence-electron chi connectivity index (χ3n) is 7.00. The van der Waals surface area contributed by atoms with Gasteiger partial charge in [0.2, 0.25) is 11.8 Å². The number of aromatic nitrogens is 2. The molecule has 0 bridgehead atoms. The summed E-state index contributed by atoms with van der Waals surface area (Å²) in [6.45, 7) is 1.61. The van der Waals surface area contributed by atoms with Crippen LogP contribution in [-0.4, -0.2) is 62.0 Å². The maximum Gasteiger partial charge on any atom is 0.416 e. The van der Waals surface area contributed by atoms with Gasteiger partial charge in [-0.15, -0.1) is 0 Å². The molecule has 3 heterocycles. The van der Waals surface area contributed by atoms with Crippen molar-refractivity contribution in [3.05, 3.63) is 64.7 Å². The SMILES string of the molecule is Cc1ccccc1-c1nc(N2CCS(=O)(=O)CC2)nc2c1C(=O)N(c1cc(C(F)(F)F)cc(C(F)(F)F)c1)CCCO2. The lowest BCUT2D eigenvalue weighted by molar-refractivity contribution is -0.143. The minimum atomic E-state index is -5.10. The maximum absolute atomic E-state index is 14.1. The zero-order valence-electron chi connectivity index (χ0n) is 22.1. The van der Waals surface area contributed by atoms with Gasteiger partial charge in [-0.1, -0.05) is 24.3 Å². The lowest BCUT2D eigenvalue weighted by atomic mass is 10.00. The summed E-state index contributed by atoms with van der Waals surface area (Å²) in [4.78, 5) is 25.5. The van der Waals surface area contributed by atoms with E-state index >= 15 is 0 Å². The molecule has 224 valence electrons. The molecule has 0 unspecified atom stereocenters. The Kier molecular flexibility index (Phi) is 7.58. The molecule has 15 heteroatoms. The summed E-state index contributed by atoms with van der Waals surface area (Å²) >= 11 is 0. The summed E-state index contributed by atoms with van der Waals surface area (Å²) in [6.07, 6.45) is -10.1. The predicted octanol–water partition coefficient (Wildman–Crippen LogP) is 5.15. The van der Waals surface area contributed by atoms with Crippen molar-refractivity contribution in [3.63, 3.8) is 0 Å². The zero-order valence-corrected chi connectivity index (χ0v) is 22.9.